The Labute approximate surface area is 132 Å². The van der Waals surface area contributed by atoms with E-state index >= 15 is 0 Å². The molecule has 2 aliphatic rings. The molecule has 1 aromatic rings. The third-order valence-corrected chi connectivity index (χ3v) is 6.22. The summed E-state index contributed by atoms with van der Waals surface area (Å²) in [7, 11) is -3.14. The average molecular weight is 324 g/mol. The van der Waals surface area contributed by atoms with Gasteiger partial charge in [-0.2, -0.15) is 0 Å². The molecule has 0 radical (unpaired) electrons. The monoisotopic (exact) mass is 324 g/mol. The molecule has 0 unspecified atom stereocenters. The van der Waals surface area contributed by atoms with E-state index in [2.05, 4.69) is 16.7 Å². The van der Waals surface area contributed by atoms with Gasteiger partial charge in [0.15, 0.2) is 9.84 Å². The quantitative estimate of drug-likeness (QED) is 0.830. The lowest BCUT2D eigenvalue weighted by Gasteiger charge is -2.32. The number of rotatable bonds is 3. The maximum atomic E-state index is 12.3. The second kappa shape index (κ2) is 6.66. The zero-order valence-electron chi connectivity index (χ0n) is 13.1. The second-order valence-corrected chi connectivity index (χ2v) is 8.26. The lowest BCUT2D eigenvalue weighted by atomic mass is 10.2. The van der Waals surface area contributed by atoms with Crippen LogP contribution in [0.1, 0.15) is 12.5 Å². The van der Waals surface area contributed by atoms with Crippen molar-refractivity contribution in [3.05, 3.63) is 29.8 Å². The first-order chi connectivity index (χ1) is 10.5. The molecule has 122 valence electrons. The number of morpholine rings is 1. The zero-order valence-corrected chi connectivity index (χ0v) is 13.9. The third-order valence-electron chi connectivity index (χ3n) is 4.44. The van der Waals surface area contributed by atoms with Gasteiger partial charge < -0.3 is 4.74 Å². The first-order valence-corrected chi connectivity index (χ1v) is 9.57. The Morgan fingerprint density at radius 1 is 1.18 bits per heavy atom. The van der Waals surface area contributed by atoms with Gasteiger partial charge in [-0.05, 0) is 18.6 Å². The maximum Gasteiger partial charge on any atom is 0.179 e. The van der Waals surface area contributed by atoms with E-state index in [9.17, 15) is 8.42 Å². The van der Waals surface area contributed by atoms with E-state index in [0.717, 1.165) is 44.9 Å². The van der Waals surface area contributed by atoms with Gasteiger partial charge in [-0.25, -0.2) is 8.42 Å². The summed E-state index contributed by atoms with van der Waals surface area (Å²) in [5, 5.41) is 0. The maximum absolute atomic E-state index is 12.3. The molecule has 1 fully saturated rings. The molecule has 5 nitrogen and oxygen atoms in total. The summed E-state index contributed by atoms with van der Waals surface area (Å²) in [5.74, 6) is 0.212. The van der Waals surface area contributed by atoms with Crippen molar-refractivity contribution in [2.24, 2.45) is 0 Å². The summed E-state index contributed by atoms with van der Waals surface area (Å²) < 4.78 is 30.2. The van der Waals surface area contributed by atoms with Crippen LogP contribution in [0.2, 0.25) is 0 Å². The van der Waals surface area contributed by atoms with Gasteiger partial charge in [0, 0.05) is 39.3 Å². The van der Waals surface area contributed by atoms with Gasteiger partial charge in [-0.3, -0.25) is 9.80 Å². The van der Waals surface area contributed by atoms with Crippen LogP contribution in [-0.2, 0) is 21.1 Å². The van der Waals surface area contributed by atoms with E-state index in [1.165, 1.54) is 0 Å². The minimum Gasteiger partial charge on any atom is -0.376 e. The number of sulfone groups is 1. The molecule has 0 bridgehead atoms. The predicted molar refractivity (Wildman–Crippen MR) is 85.6 cm³/mol. The van der Waals surface area contributed by atoms with Crippen molar-refractivity contribution < 1.29 is 13.2 Å². The van der Waals surface area contributed by atoms with Crippen LogP contribution in [0.25, 0.3) is 0 Å². The van der Waals surface area contributed by atoms with Crippen LogP contribution >= 0.6 is 0 Å². The van der Waals surface area contributed by atoms with Crippen molar-refractivity contribution in [2.75, 3.05) is 45.1 Å². The van der Waals surface area contributed by atoms with E-state index in [0.29, 0.717) is 17.5 Å². The summed E-state index contributed by atoms with van der Waals surface area (Å²) in [4.78, 5) is 5.17. The van der Waals surface area contributed by atoms with Gasteiger partial charge in [-0.15, -0.1) is 0 Å². The normalized spacial score (nSPS) is 26.3. The Kier molecular flexibility index (Phi) is 4.82. The van der Waals surface area contributed by atoms with Crippen molar-refractivity contribution in [2.45, 2.75) is 24.5 Å². The molecule has 6 heteroatoms. The van der Waals surface area contributed by atoms with Crippen LogP contribution in [-0.4, -0.2) is 69.4 Å². The fourth-order valence-electron chi connectivity index (χ4n) is 3.18. The first-order valence-electron chi connectivity index (χ1n) is 7.91. The van der Waals surface area contributed by atoms with Crippen LogP contribution in [0.5, 0.6) is 0 Å². The second-order valence-electron chi connectivity index (χ2n) is 6.18. The van der Waals surface area contributed by atoms with Crippen LogP contribution in [0, 0.1) is 0 Å². The number of nitrogens with zero attached hydrogens (tertiary/aromatic N) is 2. The molecule has 2 aliphatic heterocycles. The third kappa shape index (κ3) is 3.68. The molecule has 22 heavy (non-hydrogen) atoms. The van der Waals surface area contributed by atoms with Crippen LogP contribution < -0.4 is 0 Å². The molecule has 1 aromatic carbocycles. The van der Waals surface area contributed by atoms with Gasteiger partial charge in [0.2, 0.25) is 0 Å². The van der Waals surface area contributed by atoms with Gasteiger partial charge in [0.05, 0.1) is 23.4 Å². The highest BCUT2D eigenvalue weighted by atomic mass is 32.2. The summed E-state index contributed by atoms with van der Waals surface area (Å²) in [6.45, 7) is 8.01. The first kappa shape index (κ1) is 15.9. The van der Waals surface area contributed by atoms with Crippen molar-refractivity contribution in [1.29, 1.82) is 0 Å². The smallest absolute Gasteiger partial charge is 0.179 e. The minimum absolute atomic E-state index is 0.212. The highest BCUT2D eigenvalue weighted by Gasteiger charge is 2.25. The standard InChI is InChI=1S/C16H24N2O3S/c1-14-12-17(8-10-21-14)6-7-18-9-11-22(19,20)16-5-3-2-4-15(16)13-18/h2-5,14H,6-13H2,1H3/t14-/m0/s1. The number of fused-ring (bicyclic) bond motifs is 1. The van der Waals surface area contributed by atoms with Crippen molar-refractivity contribution >= 4 is 9.84 Å². The Hall–Kier alpha value is -0.950. The Balaban J connectivity index is 1.64. The highest BCUT2D eigenvalue weighted by molar-refractivity contribution is 7.91. The molecule has 0 saturated carbocycles. The molecule has 1 saturated heterocycles. The van der Waals surface area contributed by atoms with Gasteiger partial charge in [0.1, 0.15) is 0 Å². The number of ether oxygens (including phenoxy) is 1. The fourth-order valence-corrected chi connectivity index (χ4v) is 4.72. The molecule has 1 atom stereocenters. The van der Waals surface area contributed by atoms with Crippen LogP contribution in [0.4, 0.5) is 0 Å². The molecular formula is C16H24N2O3S. The minimum atomic E-state index is -3.14. The van der Waals surface area contributed by atoms with Crippen molar-refractivity contribution in [1.82, 2.24) is 9.80 Å². The largest absolute Gasteiger partial charge is 0.376 e. The molecule has 0 amide bonds. The highest BCUT2D eigenvalue weighted by Crippen LogP contribution is 2.22. The van der Waals surface area contributed by atoms with Gasteiger partial charge in [0.25, 0.3) is 0 Å². The summed E-state index contributed by atoms with van der Waals surface area (Å²) in [5.41, 5.74) is 0.926. The Morgan fingerprint density at radius 2 is 1.95 bits per heavy atom. The van der Waals surface area contributed by atoms with E-state index < -0.39 is 9.84 Å². The van der Waals surface area contributed by atoms with E-state index in [4.69, 9.17) is 4.74 Å². The van der Waals surface area contributed by atoms with Crippen LogP contribution in [0.3, 0.4) is 0 Å². The topological polar surface area (TPSA) is 49.9 Å². The lowest BCUT2D eigenvalue weighted by molar-refractivity contribution is -0.0206. The van der Waals surface area contributed by atoms with Gasteiger partial charge in [-0.1, -0.05) is 18.2 Å². The Bertz CT molecular complexity index is 618. The summed E-state index contributed by atoms with van der Waals surface area (Å²) in [6.07, 6.45) is 0.291. The molecule has 0 aromatic heterocycles. The predicted octanol–water partition coefficient (Wildman–Crippen LogP) is 0.997. The molecular weight excluding hydrogens is 300 g/mol. The Morgan fingerprint density at radius 3 is 2.77 bits per heavy atom. The van der Waals surface area contributed by atoms with Crippen molar-refractivity contribution in [3.63, 3.8) is 0 Å². The van der Waals surface area contributed by atoms with Gasteiger partial charge >= 0.3 is 0 Å². The summed E-state index contributed by atoms with van der Waals surface area (Å²) in [6, 6.07) is 7.39. The molecule has 2 heterocycles. The average Bonchev–Trinajstić information content (AvgIpc) is 2.62. The molecule has 0 N–H and O–H groups in total. The van der Waals surface area contributed by atoms with E-state index in [1.807, 2.05) is 12.1 Å². The number of hydrogen-bond acceptors (Lipinski definition) is 5. The lowest BCUT2D eigenvalue weighted by Crippen LogP contribution is -2.44. The van der Waals surface area contributed by atoms with E-state index in [1.54, 1.807) is 12.1 Å². The van der Waals surface area contributed by atoms with Crippen molar-refractivity contribution in [3.8, 4) is 0 Å². The molecule has 3 rings (SSSR count). The summed E-state index contributed by atoms with van der Waals surface area (Å²) >= 11 is 0. The van der Waals surface area contributed by atoms with E-state index in [-0.39, 0.29) is 5.75 Å². The number of benzene rings is 1. The molecule has 0 spiro atoms. The SMILES string of the molecule is C[C@H]1CN(CCN2CCS(=O)(=O)c3ccccc3C2)CCO1. The molecule has 0 aliphatic carbocycles. The number of hydrogen-bond donors (Lipinski definition) is 0. The zero-order chi connectivity index (χ0) is 15.6. The fraction of sp³-hybridized carbons (Fsp3) is 0.625. The van der Waals surface area contributed by atoms with Crippen LogP contribution in [0.15, 0.2) is 29.2 Å².